The third kappa shape index (κ3) is 4.17. The molecule has 0 aliphatic carbocycles. The fourth-order valence-electron chi connectivity index (χ4n) is 2.40. The smallest absolute Gasteiger partial charge is 0.260 e. The lowest BCUT2D eigenvalue weighted by atomic mass is 10.2. The molecule has 3 rings (SSSR count). The maximum absolute atomic E-state index is 13.5. The Morgan fingerprint density at radius 2 is 2.00 bits per heavy atom. The first-order chi connectivity index (χ1) is 12.0. The third-order valence-electron chi connectivity index (χ3n) is 3.72. The van der Waals surface area contributed by atoms with E-state index in [4.69, 9.17) is 14.2 Å². The third-order valence-corrected chi connectivity index (χ3v) is 3.72. The summed E-state index contributed by atoms with van der Waals surface area (Å²) in [5.41, 5.74) is 0. The van der Waals surface area contributed by atoms with Crippen molar-refractivity contribution in [3.05, 3.63) is 54.1 Å². The van der Waals surface area contributed by atoms with E-state index < -0.39 is 11.6 Å². The number of ether oxygens (including phenoxy) is 3. The molecular formula is C18H17F2NO4. The quantitative estimate of drug-likeness (QED) is 0.833. The molecule has 1 aliphatic heterocycles. The fraction of sp³-hybridized carbons (Fsp3) is 0.278. The lowest BCUT2D eigenvalue weighted by Gasteiger charge is -2.29. The maximum atomic E-state index is 13.5. The molecule has 0 N–H and O–H groups in total. The van der Waals surface area contributed by atoms with E-state index in [1.165, 1.54) is 4.90 Å². The molecule has 2 aromatic carbocycles. The molecule has 0 bridgehead atoms. The van der Waals surface area contributed by atoms with E-state index in [1.54, 1.807) is 13.1 Å². The van der Waals surface area contributed by atoms with Crippen LogP contribution in [0.4, 0.5) is 8.78 Å². The number of carbonyl (C=O) groups is 1. The standard InChI is InChI=1S/C18H17F2NO4/c1-21(9-13-10-23-16-4-2-3-5-17(16)25-13)18(22)11-24-15-7-6-12(19)8-14(15)20/h2-8,13H,9-11H2,1H3. The number of carbonyl (C=O) groups excluding carboxylic acids is 1. The number of nitrogens with zero attached hydrogens (tertiary/aromatic N) is 1. The van der Waals surface area contributed by atoms with Gasteiger partial charge in [0.2, 0.25) is 0 Å². The maximum Gasteiger partial charge on any atom is 0.260 e. The van der Waals surface area contributed by atoms with Gasteiger partial charge in [0.1, 0.15) is 12.4 Å². The van der Waals surface area contributed by atoms with Gasteiger partial charge in [0, 0.05) is 13.1 Å². The van der Waals surface area contributed by atoms with Crippen LogP contribution in [0.1, 0.15) is 0 Å². The number of amides is 1. The van der Waals surface area contributed by atoms with Crippen LogP contribution in [-0.2, 0) is 4.79 Å². The van der Waals surface area contributed by atoms with E-state index in [1.807, 2.05) is 18.2 Å². The normalized spacial score (nSPS) is 15.6. The molecule has 5 nitrogen and oxygen atoms in total. The molecule has 7 heteroatoms. The van der Waals surface area contributed by atoms with Gasteiger partial charge in [-0.2, -0.15) is 0 Å². The van der Waals surface area contributed by atoms with Crippen LogP contribution in [0.2, 0.25) is 0 Å². The second-order valence-electron chi connectivity index (χ2n) is 5.64. The number of hydrogen-bond donors (Lipinski definition) is 0. The number of rotatable bonds is 5. The summed E-state index contributed by atoms with van der Waals surface area (Å²) >= 11 is 0. The summed E-state index contributed by atoms with van der Waals surface area (Å²) in [7, 11) is 1.59. The molecule has 25 heavy (non-hydrogen) atoms. The molecule has 1 atom stereocenters. The summed E-state index contributed by atoms with van der Waals surface area (Å²) in [6, 6.07) is 10.2. The van der Waals surface area contributed by atoms with E-state index >= 15 is 0 Å². The molecule has 0 saturated carbocycles. The van der Waals surface area contributed by atoms with Crippen molar-refractivity contribution in [2.24, 2.45) is 0 Å². The van der Waals surface area contributed by atoms with Gasteiger partial charge >= 0.3 is 0 Å². The number of fused-ring (bicyclic) bond motifs is 1. The molecule has 0 spiro atoms. The van der Waals surface area contributed by atoms with Crippen LogP contribution in [0, 0.1) is 11.6 Å². The van der Waals surface area contributed by atoms with E-state index in [0.717, 1.165) is 12.1 Å². The molecule has 0 radical (unpaired) electrons. The topological polar surface area (TPSA) is 48.0 Å². The lowest BCUT2D eigenvalue weighted by Crippen LogP contribution is -2.43. The summed E-state index contributed by atoms with van der Waals surface area (Å²) in [5.74, 6) is -0.785. The van der Waals surface area contributed by atoms with E-state index in [0.29, 0.717) is 30.7 Å². The highest BCUT2D eigenvalue weighted by molar-refractivity contribution is 5.77. The minimum atomic E-state index is -0.851. The van der Waals surface area contributed by atoms with Gasteiger partial charge in [-0.3, -0.25) is 4.79 Å². The van der Waals surface area contributed by atoms with Crippen molar-refractivity contribution in [2.45, 2.75) is 6.10 Å². The fourth-order valence-corrected chi connectivity index (χ4v) is 2.40. The van der Waals surface area contributed by atoms with E-state index in [-0.39, 0.29) is 24.4 Å². The van der Waals surface area contributed by atoms with Crippen LogP contribution in [0.5, 0.6) is 17.2 Å². The van der Waals surface area contributed by atoms with Gasteiger partial charge < -0.3 is 19.1 Å². The Morgan fingerprint density at radius 3 is 2.76 bits per heavy atom. The molecule has 0 saturated heterocycles. The summed E-state index contributed by atoms with van der Waals surface area (Å²) in [6.45, 7) is 0.258. The minimum Gasteiger partial charge on any atom is -0.486 e. The lowest BCUT2D eigenvalue weighted by molar-refractivity contribution is -0.133. The predicted octanol–water partition coefficient (Wildman–Crippen LogP) is 2.64. The number of halogens is 2. The number of para-hydroxylation sites is 2. The molecule has 1 unspecified atom stereocenters. The highest BCUT2D eigenvalue weighted by atomic mass is 19.1. The van der Waals surface area contributed by atoms with Gasteiger partial charge in [-0.25, -0.2) is 8.78 Å². The average Bonchev–Trinajstić information content (AvgIpc) is 2.60. The summed E-state index contributed by atoms with van der Waals surface area (Å²) in [5, 5.41) is 0. The molecule has 1 heterocycles. The molecule has 1 aliphatic rings. The molecular weight excluding hydrogens is 332 g/mol. The van der Waals surface area contributed by atoms with Crippen LogP contribution in [0.3, 0.4) is 0 Å². The zero-order valence-electron chi connectivity index (χ0n) is 13.6. The molecule has 2 aromatic rings. The second kappa shape index (κ2) is 7.38. The molecule has 132 valence electrons. The van der Waals surface area contributed by atoms with Crippen molar-refractivity contribution in [3.63, 3.8) is 0 Å². The highest BCUT2D eigenvalue weighted by Crippen LogP contribution is 2.30. The van der Waals surface area contributed by atoms with E-state index in [9.17, 15) is 13.6 Å². The van der Waals surface area contributed by atoms with Crippen molar-refractivity contribution in [1.82, 2.24) is 4.90 Å². The van der Waals surface area contributed by atoms with Crippen molar-refractivity contribution < 1.29 is 27.8 Å². The van der Waals surface area contributed by atoms with Crippen LogP contribution in [-0.4, -0.2) is 43.7 Å². The Balaban J connectivity index is 1.51. The van der Waals surface area contributed by atoms with Gasteiger partial charge in [0.25, 0.3) is 5.91 Å². The molecule has 0 aromatic heterocycles. The van der Waals surface area contributed by atoms with Gasteiger partial charge in [0.15, 0.2) is 35.8 Å². The first kappa shape index (κ1) is 17.0. The van der Waals surface area contributed by atoms with Gasteiger partial charge in [-0.15, -0.1) is 0 Å². The van der Waals surface area contributed by atoms with Gasteiger partial charge in [-0.1, -0.05) is 12.1 Å². The average molecular weight is 349 g/mol. The van der Waals surface area contributed by atoms with E-state index in [2.05, 4.69) is 0 Å². The predicted molar refractivity (Wildman–Crippen MR) is 85.8 cm³/mol. The van der Waals surface area contributed by atoms with Crippen LogP contribution < -0.4 is 14.2 Å². The Labute approximate surface area is 143 Å². The minimum absolute atomic E-state index is 0.172. The summed E-state index contributed by atoms with van der Waals surface area (Å²) in [6.07, 6.45) is -0.314. The Morgan fingerprint density at radius 1 is 1.24 bits per heavy atom. The SMILES string of the molecule is CN(CC1COc2ccccc2O1)C(=O)COc1ccc(F)cc1F. The van der Waals surface area contributed by atoms with Crippen LogP contribution in [0.15, 0.2) is 42.5 Å². The molecule has 1 amide bonds. The van der Waals surface area contributed by atoms with Gasteiger partial charge in [0.05, 0.1) is 6.54 Å². The highest BCUT2D eigenvalue weighted by Gasteiger charge is 2.24. The van der Waals surface area contributed by atoms with Crippen molar-refractivity contribution >= 4 is 5.91 Å². The first-order valence-corrected chi connectivity index (χ1v) is 7.73. The van der Waals surface area contributed by atoms with Crippen molar-refractivity contribution in [1.29, 1.82) is 0 Å². The zero-order chi connectivity index (χ0) is 17.8. The summed E-state index contributed by atoms with van der Waals surface area (Å²) < 4.78 is 42.8. The largest absolute Gasteiger partial charge is 0.486 e. The van der Waals surface area contributed by atoms with Crippen LogP contribution >= 0.6 is 0 Å². The first-order valence-electron chi connectivity index (χ1n) is 7.73. The number of benzene rings is 2. The molecule has 0 fully saturated rings. The van der Waals surface area contributed by atoms with Crippen molar-refractivity contribution in [2.75, 3.05) is 26.8 Å². The zero-order valence-corrected chi connectivity index (χ0v) is 13.6. The number of likely N-dealkylation sites (N-methyl/N-ethyl adjacent to an activating group) is 1. The van der Waals surface area contributed by atoms with Crippen molar-refractivity contribution in [3.8, 4) is 17.2 Å². The monoisotopic (exact) mass is 349 g/mol. The Hall–Kier alpha value is -2.83. The summed E-state index contributed by atoms with van der Waals surface area (Å²) in [4.78, 5) is 13.5. The second-order valence-corrected chi connectivity index (χ2v) is 5.64. The van der Waals surface area contributed by atoms with Gasteiger partial charge in [-0.05, 0) is 24.3 Å². The Kier molecular flexibility index (Phi) is 5.02. The Bertz CT molecular complexity index is 768. The number of hydrogen-bond acceptors (Lipinski definition) is 4. The van der Waals surface area contributed by atoms with Crippen LogP contribution in [0.25, 0.3) is 0 Å².